The van der Waals surface area contributed by atoms with Crippen molar-refractivity contribution in [3.8, 4) is 0 Å². The zero-order valence-electron chi connectivity index (χ0n) is 11.6. The summed E-state index contributed by atoms with van der Waals surface area (Å²) in [5.41, 5.74) is 5.94. The first kappa shape index (κ1) is 15.2. The van der Waals surface area contributed by atoms with Gasteiger partial charge in [0.1, 0.15) is 5.76 Å². The summed E-state index contributed by atoms with van der Waals surface area (Å²) >= 11 is 0. The van der Waals surface area contributed by atoms with Gasteiger partial charge in [0.15, 0.2) is 17.4 Å². The molecule has 112 valence electrons. The topological polar surface area (TPSA) is 59.5 Å². The van der Waals surface area contributed by atoms with E-state index in [1.807, 2.05) is 0 Å². The van der Waals surface area contributed by atoms with Crippen molar-refractivity contribution in [2.45, 2.75) is 20.0 Å². The molecule has 0 spiro atoms. The summed E-state index contributed by atoms with van der Waals surface area (Å²) in [4.78, 5) is 13.8. The Bertz CT molecular complexity index is 640. The Morgan fingerprint density at radius 3 is 2.57 bits per heavy atom. The number of rotatable bonds is 5. The molecule has 0 saturated carbocycles. The molecule has 0 aliphatic rings. The molecule has 0 radical (unpaired) electrons. The molecule has 21 heavy (non-hydrogen) atoms. The lowest BCUT2D eigenvalue weighted by Gasteiger charge is -2.19. The molecule has 2 aromatic rings. The Morgan fingerprint density at radius 1 is 1.24 bits per heavy atom. The van der Waals surface area contributed by atoms with E-state index in [1.54, 1.807) is 19.1 Å². The van der Waals surface area contributed by atoms with Crippen molar-refractivity contribution in [2.24, 2.45) is 5.73 Å². The summed E-state index contributed by atoms with van der Waals surface area (Å²) in [7, 11) is 0. The van der Waals surface area contributed by atoms with Gasteiger partial charge >= 0.3 is 0 Å². The highest BCUT2D eigenvalue weighted by Crippen LogP contribution is 2.15. The van der Waals surface area contributed by atoms with Crippen LogP contribution in [0.4, 0.5) is 8.78 Å². The highest BCUT2D eigenvalue weighted by Gasteiger charge is 2.18. The average Bonchev–Trinajstić information content (AvgIpc) is 2.96. The molecule has 0 saturated heterocycles. The molecule has 1 aromatic heterocycles. The number of nitrogens with two attached hydrogens (primary N) is 1. The number of benzene rings is 1. The second-order valence-electron chi connectivity index (χ2n) is 4.54. The molecule has 4 nitrogen and oxygen atoms in total. The quantitative estimate of drug-likeness (QED) is 0.922. The van der Waals surface area contributed by atoms with E-state index < -0.39 is 11.6 Å². The van der Waals surface area contributed by atoms with Crippen LogP contribution < -0.4 is 5.73 Å². The third-order valence-corrected chi connectivity index (χ3v) is 3.10. The van der Waals surface area contributed by atoms with Crippen molar-refractivity contribution >= 4 is 5.91 Å². The van der Waals surface area contributed by atoms with Gasteiger partial charge in [-0.3, -0.25) is 4.79 Å². The fourth-order valence-electron chi connectivity index (χ4n) is 1.94. The lowest BCUT2D eigenvalue weighted by atomic mass is 10.2. The van der Waals surface area contributed by atoms with E-state index in [1.165, 1.54) is 11.0 Å². The molecular formula is C15H16F2N2O2. The zero-order chi connectivity index (χ0) is 15.4. The number of furan rings is 1. The molecule has 0 bridgehead atoms. The summed E-state index contributed by atoms with van der Waals surface area (Å²) in [6, 6.07) is 6.76. The molecule has 0 aliphatic heterocycles. The van der Waals surface area contributed by atoms with Crippen LogP contribution in [-0.2, 0) is 13.1 Å². The van der Waals surface area contributed by atoms with Crippen molar-refractivity contribution < 1.29 is 18.0 Å². The molecule has 2 rings (SSSR count). The van der Waals surface area contributed by atoms with E-state index in [-0.39, 0.29) is 24.8 Å². The van der Waals surface area contributed by atoms with Gasteiger partial charge in [-0.15, -0.1) is 0 Å². The van der Waals surface area contributed by atoms with Crippen molar-refractivity contribution in [1.29, 1.82) is 0 Å². The van der Waals surface area contributed by atoms with Crippen LogP contribution in [0.3, 0.4) is 0 Å². The van der Waals surface area contributed by atoms with Gasteiger partial charge < -0.3 is 15.1 Å². The second-order valence-corrected chi connectivity index (χ2v) is 4.54. The van der Waals surface area contributed by atoms with E-state index in [9.17, 15) is 13.6 Å². The predicted molar refractivity (Wildman–Crippen MR) is 73.4 cm³/mol. The predicted octanol–water partition coefficient (Wildman–Crippen LogP) is 2.68. The SMILES string of the molecule is CCN(Cc1ccc(F)c(F)c1)C(=O)c1ccc(CN)o1. The van der Waals surface area contributed by atoms with Gasteiger partial charge in [-0.2, -0.15) is 0 Å². The molecule has 1 aromatic carbocycles. The van der Waals surface area contributed by atoms with E-state index in [2.05, 4.69) is 0 Å². The fourth-order valence-corrected chi connectivity index (χ4v) is 1.94. The van der Waals surface area contributed by atoms with Crippen LogP contribution in [0.25, 0.3) is 0 Å². The largest absolute Gasteiger partial charge is 0.455 e. The van der Waals surface area contributed by atoms with Gasteiger partial charge in [-0.05, 0) is 36.8 Å². The van der Waals surface area contributed by atoms with E-state index >= 15 is 0 Å². The minimum Gasteiger partial charge on any atom is -0.455 e. The minimum atomic E-state index is -0.931. The van der Waals surface area contributed by atoms with Crippen molar-refractivity contribution in [1.82, 2.24) is 4.90 Å². The summed E-state index contributed by atoms with van der Waals surface area (Å²) in [5.74, 6) is -1.46. The molecule has 0 fully saturated rings. The number of hydrogen-bond acceptors (Lipinski definition) is 3. The number of amides is 1. The van der Waals surface area contributed by atoms with Crippen LogP contribution in [0.1, 0.15) is 28.8 Å². The lowest BCUT2D eigenvalue weighted by Crippen LogP contribution is -2.30. The molecule has 1 amide bonds. The number of hydrogen-bond donors (Lipinski definition) is 1. The summed E-state index contributed by atoms with van der Waals surface area (Å²) in [6.07, 6.45) is 0. The summed E-state index contributed by atoms with van der Waals surface area (Å²) < 4.78 is 31.4. The standard InChI is InChI=1S/C15H16F2N2O2/c1-2-19(9-10-3-5-12(16)13(17)7-10)15(20)14-6-4-11(8-18)21-14/h3-7H,2,8-9,18H2,1H3. The van der Waals surface area contributed by atoms with E-state index in [0.717, 1.165) is 12.1 Å². The van der Waals surface area contributed by atoms with E-state index in [4.69, 9.17) is 10.2 Å². The maximum atomic E-state index is 13.2. The Balaban J connectivity index is 2.15. The first-order chi connectivity index (χ1) is 10.0. The van der Waals surface area contributed by atoms with Gasteiger partial charge in [-0.1, -0.05) is 6.07 Å². The third-order valence-electron chi connectivity index (χ3n) is 3.10. The maximum Gasteiger partial charge on any atom is 0.289 e. The Morgan fingerprint density at radius 2 is 2.00 bits per heavy atom. The molecule has 0 aliphatic carbocycles. The first-order valence-electron chi connectivity index (χ1n) is 6.57. The van der Waals surface area contributed by atoms with Crippen LogP contribution in [0.15, 0.2) is 34.7 Å². The summed E-state index contributed by atoms with van der Waals surface area (Å²) in [5, 5.41) is 0. The number of halogens is 2. The van der Waals surface area contributed by atoms with Crippen LogP contribution in [0.2, 0.25) is 0 Å². The zero-order valence-corrected chi connectivity index (χ0v) is 11.6. The van der Waals surface area contributed by atoms with Crippen LogP contribution >= 0.6 is 0 Å². The third kappa shape index (κ3) is 3.46. The molecule has 0 atom stereocenters. The smallest absolute Gasteiger partial charge is 0.289 e. The molecule has 1 heterocycles. The first-order valence-corrected chi connectivity index (χ1v) is 6.57. The van der Waals surface area contributed by atoms with Crippen LogP contribution in [0.5, 0.6) is 0 Å². The second kappa shape index (κ2) is 6.49. The van der Waals surface area contributed by atoms with Crippen molar-refractivity contribution in [3.63, 3.8) is 0 Å². The van der Waals surface area contributed by atoms with Gasteiger partial charge in [0.25, 0.3) is 5.91 Å². The highest BCUT2D eigenvalue weighted by molar-refractivity contribution is 5.91. The average molecular weight is 294 g/mol. The van der Waals surface area contributed by atoms with Gasteiger partial charge in [0.2, 0.25) is 0 Å². The monoisotopic (exact) mass is 294 g/mol. The highest BCUT2D eigenvalue weighted by atomic mass is 19.2. The molecular weight excluding hydrogens is 278 g/mol. The number of carbonyl (C=O) groups excluding carboxylic acids is 1. The lowest BCUT2D eigenvalue weighted by molar-refractivity contribution is 0.0718. The van der Waals surface area contributed by atoms with Crippen LogP contribution in [-0.4, -0.2) is 17.4 Å². The Hall–Kier alpha value is -2.21. The molecule has 0 unspecified atom stereocenters. The van der Waals surface area contributed by atoms with Crippen molar-refractivity contribution in [2.75, 3.05) is 6.54 Å². The van der Waals surface area contributed by atoms with Gasteiger partial charge in [0.05, 0.1) is 6.54 Å². The Labute approximate surface area is 121 Å². The number of nitrogens with zero attached hydrogens (tertiary/aromatic N) is 1. The molecule has 2 N–H and O–H groups in total. The van der Waals surface area contributed by atoms with E-state index in [0.29, 0.717) is 17.9 Å². The number of carbonyl (C=O) groups is 1. The summed E-state index contributed by atoms with van der Waals surface area (Å²) in [6.45, 7) is 2.59. The van der Waals surface area contributed by atoms with Gasteiger partial charge in [0, 0.05) is 13.1 Å². The Kier molecular flexibility index (Phi) is 4.70. The van der Waals surface area contributed by atoms with Crippen molar-refractivity contribution in [3.05, 3.63) is 59.1 Å². The van der Waals surface area contributed by atoms with Gasteiger partial charge in [-0.25, -0.2) is 8.78 Å². The normalized spacial score (nSPS) is 10.7. The minimum absolute atomic E-state index is 0.172. The maximum absolute atomic E-state index is 13.2. The fraction of sp³-hybridized carbons (Fsp3) is 0.267. The van der Waals surface area contributed by atoms with Crippen LogP contribution in [0, 0.1) is 11.6 Å². The molecule has 6 heteroatoms.